The third-order valence-corrected chi connectivity index (χ3v) is 6.32. The first-order chi connectivity index (χ1) is 15.6. The molecule has 5 heteroatoms. The molecule has 1 aliphatic carbocycles. The lowest BCUT2D eigenvalue weighted by molar-refractivity contribution is 0.0697. The number of nitrogens with zero attached hydrogens (tertiary/aromatic N) is 3. The molecular weight excluding hydrogens is 398 g/mol. The van der Waals surface area contributed by atoms with Crippen molar-refractivity contribution in [3.8, 4) is 11.1 Å². The van der Waals surface area contributed by atoms with Gasteiger partial charge >= 0.3 is 5.97 Å². The van der Waals surface area contributed by atoms with E-state index >= 15 is 0 Å². The third kappa shape index (κ3) is 5.34. The maximum Gasteiger partial charge on any atom is 0.336 e. The molecule has 1 aliphatic rings. The van der Waals surface area contributed by atoms with Crippen LogP contribution in [0.5, 0.6) is 0 Å². The Bertz CT molecular complexity index is 1060. The lowest BCUT2D eigenvalue weighted by atomic mass is 9.87. The van der Waals surface area contributed by atoms with Crippen LogP contribution >= 0.6 is 0 Å². The molecule has 0 bridgehead atoms. The number of rotatable bonds is 9. The van der Waals surface area contributed by atoms with Crippen LogP contribution in [0.1, 0.15) is 66.1 Å². The quantitative estimate of drug-likeness (QED) is 0.428. The molecule has 1 fully saturated rings. The largest absolute Gasteiger partial charge is 0.478 e. The van der Waals surface area contributed by atoms with Gasteiger partial charge < -0.3 is 5.11 Å². The van der Waals surface area contributed by atoms with Gasteiger partial charge in [-0.05, 0) is 35.1 Å². The average molecular weight is 430 g/mol. The summed E-state index contributed by atoms with van der Waals surface area (Å²) < 4.78 is 2.04. The highest BCUT2D eigenvalue weighted by Gasteiger charge is 2.18. The Morgan fingerprint density at radius 2 is 1.84 bits per heavy atom. The van der Waals surface area contributed by atoms with E-state index in [1.54, 1.807) is 12.1 Å². The maximum absolute atomic E-state index is 11.5. The summed E-state index contributed by atoms with van der Waals surface area (Å²) in [6, 6.07) is 15.2. The van der Waals surface area contributed by atoms with Crippen molar-refractivity contribution in [2.24, 2.45) is 5.92 Å². The second kappa shape index (κ2) is 10.4. The van der Waals surface area contributed by atoms with Crippen molar-refractivity contribution in [3.05, 3.63) is 84.0 Å². The van der Waals surface area contributed by atoms with E-state index in [2.05, 4.69) is 18.7 Å². The summed E-state index contributed by atoms with van der Waals surface area (Å²) in [5, 5.41) is 14.3. The zero-order valence-electron chi connectivity index (χ0n) is 18.5. The number of carboxylic acid groups (broad SMARTS) is 1. The highest BCUT2D eigenvalue weighted by atomic mass is 16.4. The first kappa shape index (κ1) is 22.0. The van der Waals surface area contributed by atoms with Gasteiger partial charge in [0.05, 0.1) is 5.56 Å². The number of aromatic carboxylic acids is 1. The van der Waals surface area contributed by atoms with Crippen molar-refractivity contribution in [3.63, 3.8) is 0 Å². The molecule has 166 valence electrons. The Morgan fingerprint density at radius 3 is 2.56 bits per heavy atom. The number of hydrogen-bond acceptors (Lipinski definition) is 3. The molecule has 0 unspecified atom stereocenters. The Kier molecular flexibility index (Phi) is 7.15. The van der Waals surface area contributed by atoms with Crippen LogP contribution in [0, 0.1) is 5.92 Å². The van der Waals surface area contributed by atoms with Gasteiger partial charge in [-0.1, -0.05) is 80.6 Å². The summed E-state index contributed by atoms with van der Waals surface area (Å²) in [6.07, 6.45) is 11.0. The predicted octanol–water partition coefficient (Wildman–Crippen LogP) is 5.93. The van der Waals surface area contributed by atoms with Crippen molar-refractivity contribution >= 4 is 5.97 Å². The van der Waals surface area contributed by atoms with Gasteiger partial charge in [-0.2, -0.15) is 5.10 Å². The number of aromatic nitrogens is 3. The zero-order valence-corrected chi connectivity index (χ0v) is 18.5. The van der Waals surface area contributed by atoms with Crippen LogP contribution in [0.15, 0.2) is 61.2 Å². The molecule has 1 saturated carbocycles. The van der Waals surface area contributed by atoms with Crippen LogP contribution in [-0.4, -0.2) is 25.8 Å². The maximum atomic E-state index is 11.5. The minimum absolute atomic E-state index is 0.316. The Labute approximate surface area is 189 Å². The van der Waals surface area contributed by atoms with E-state index in [-0.39, 0.29) is 0 Å². The zero-order chi connectivity index (χ0) is 22.3. The van der Waals surface area contributed by atoms with Gasteiger partial charge in [-0.3, -0.25) is 0 Å². The van der Waals surface area contributed by atoms with Crippen molar-refractivity contribution in [2.45, 2.75) is 57.9 Å². The predicted molar refractivity (Wildman–Crippen MR) is 127 cm³/mol. The molecule has 1 N–H and O–H groups in total. The van der Waals surface area contributed by atoms with Crippen molar-refractivity contribution < 1.29 is 9.90 Å². The SMILES string of the molecule is C=CCCn1nc(CC2CCCCC2)nc1Cc1ccc(-c2ccccc2C(=O)O)cc1. The molecule has 5 nitrogen and oxygen atoms in total. The first-order valence-electron chi connectivity index (χ1n) is 11.6. The molecule has 4 rings (SSSR count). The minimum atomic E-state index is -0.912. The molecule has 0 radical (unpaired) electrons. The average Bonchev–Trinajstić information content (AvgIpc) is 3.19. The Balaban J connectivity index is 1.52. The summed E-state index contributed by atoms with van der Waals surface area (Å²) >= 11 is 0. The molecule has 1 aromatic heterocycles. The van der Waals surface area contributed by atoms with Crippen LogP contribution in [0.3, 0.4) is 0 Å². The molecule has 1 heterocycles. The number of aryl methyl sites for hydroxylation is 1. The van der Waals surface area contributed by atoms with Gasteiger partial charge in [0.25, 0.3) is 0 Å². The van der Waals surface area contributed by atoms with Gasteiger partial charge in [-0.25, -0.2) is 14.5 Å². The van der Waals surface area contributed by atoms with Crippen LogP contribution < -0.4 is 0 Å². The van der Waals surface area contributed by atoms with Gasteiger partial charge in [0.15, 0.2) is 5.82 Å². The van der Waals surface area contributed by atoms with E-state index in [0.29, 0.717) is 17.9 Å². The lowest BCUT2D eigenvalue weighted by Crippen LogP contribution is -2.10. The normalized spacial score (nSPS) is 14.4. The number of carbonyl (C=O) groups is 1. The summed E-state index contributed by atoms with van der Waals surface area (Å²) in [6.45, 7) is 4.64. The monoisotopic (exact) mass is 429 g/mol. The molecular formula is C27H31N3O2. The van der Waals surface area contributed by atoms with E-state index < -0.39 is 5.97 Å². The van der Waals surface area contributed by atoms with Crippen LogP contribution in [-0.2, 0) is 19.4 Å². The number of benzene rings is 2. The number of allylic oxidation sites excluding steroid dienone is 1. The molecule has 2 aromatic carbocycles. The summed E-state index contributed by atoms with van der Waals surface area (Å²) in [7, 11) is 0. The number of carboxylic acids is 1. The summed E-state index contributed by atoms with van der Waals surface area (Å²) in [4.78, 5) is 16.5. The fourth-order valence-electron chi connectivity index (χ4n) is 4.59. The van der Waals surface area contributed by atoms with Crippen molar-refractivity contribution in [1.82, 2.24) is 14.8 Å². The third-order valence-electron chi connectivity index (χ3n) is 6.32. The lowest BCUT2D eigenvalue weighted by Gasteiger charge is -2.19. The topological polar surface area (TPSA) is 68.0 Å². The molecule has 32 heavy (non-hydrogen) atoms. The molecule has 0 saturated heterocycles. The van der Waals surface area contributed by atoms with E-state index in [9.17, 15) is 9.90 Å². The smallest absolute Gasteiger partial charge is 0.336 e. The highest BCUT2D eigenvalue weighted by molar-refractivity contribution is 5.95. The van der Waals surface area contributed by atoms with Gasteiger partial charge in [0.2, 0.25) is 0 Å². The highest BCUT2D eigenvalue weighted by Crippen LogP contribution is 2.27. The summed E-state index contributed by atoms with van der Waals surface area (Å²) in [5.41, 5.74) is 3.09. The van der Waals surface area contributed by atoms with Gasteiger partial charge in [-0.15, -0.1) is 6.58 Å². The van der Waals surface area contributed by atoms with Crippen LogP contribution in [0.25, 0.3) is 11.1 Å². The van der Waals surface area contributed by atoms with Crippen LogP contribution in [0.2, 0.25) is 0 Å². The summed E-state index contributed by atoms with van der Waals surface area (Å²) in [5.74, 6) is 1.74. The Hall–Kier alpha value is -3.21. The minimum Gasteiger partial charge on any atom is -0.478 e. The molecule has 3 aromatic rings. The van der Waals surface area contributed by atoms with Crippen molar-refractivity contribution in [1.29, 1.82) is 0 Å². The molecule has 0 amide bonds. The number of hydrogen-bond donors (Lipinski definition) is 1. The van der Waals surface area contributed by atoms with Gasteiger partial charge in [0.1, 0.15) is 5.82 Å². The first-order valence-corrected chi connectivity index (χ1v) is 11.6. The molecule has 0 spiro atoms. The van der Waals surface area contributed by atoms with Crippen LogP contribution in [0.4, 0.5) is 0 Å². The van der Waals surface area contributed by atoms with E-state index in [1.807, 2.05) is 35.0 Å². The second-order valence-electron chi connectivity index (χ2n) is 8.68. The van der Waals surface area contributed by atoms with Crippen molar-refractivity contribution in [2.75, 3.05) is 0 Å². The molecule has 0 aliphatic heterocycles. The van der Waals surface area contributed by atoms with E-state index in [1.165, 1.54) is 32.1 Å². The fourth-order valence-corrected chi connectivity index (χ4v) is 4.59. The second-order valence-corrected chi connectivity index (χ2v) is 8.68. The van der Waals surface area contributed by atoms with E-state index in [0.717, 1.165) is 47.7 Å². The standard InChI is InChI=1S/C27H31N3O2/c1-2-3-17-30-26(28-25(29-30)18-20-9-5-4-6-10-20)19-21-13-15-22(16-14-21)23-11-7-8-12-24(23)27(31)32/h2,7-8,11-16,20H,1,3-6,9-10,17-19H2,(H,31,32). The molecule has 0 atom stereocenters. The van der Waals surface area contributed by atoms with Gasteiger partial charge in [0, 0.05) is 19.4 Å². The van der Waals surface area contributed by atoms with E-state index in [4.69, 9.17) is 10.1 Å². The Morgan fingerprint density at radius 1 is 1.09 bits per heavy atom. The fraction of sp³-hybridized carbons (Fsp3) is 0.370.